The van der Waals surface area contributed by atoms with Gasteiger partial charge in [-0.15, -0.1) is 0 Å². The zero-order valence-electron chi connectivity index (χ0n) is 48.1. The van der Waals surface area contributed by atoms with Crippen molar-refractivity contribution in [2.24, 2.45) is 50.2 Å². The summed E-state index contributed by atoms with van der Waals surface area (Å²) in [6.07, 6.45) is -28.2. The lowest BCUT2D eigenvalue weighted by atomic mass is 9.33. The van der Waals surface area contributed by atoms with E-state index in [9.17, 15) is 71.5 Å². The van der Waals surface area contributed by atoms with Gasteiger partial charge in [-0.1, -0.05) is 60.1 Å². The van der Waals surface area contributed by atoms with Crippen molar-refractivity contribution in [3.63, 3.8) is 0 Å². The van der Waals surface area contributed by atoms with Crippen LogP contribution in [0, 0.1) is 50.2 Å². The lowest BCUT2D eigenvalue weighted by Crippen LogP contribution is -2.68. The first kappa shape index (κ1) is 63.3. The minimum Gasteiger partial charge on any atom is -0.432 e. The molecule has 10 aliphatic rings. The van der Waals surface area contributed by atoms with Crippen molar-refractivity contribution in [2.45, 2.75) is 261 Å². The standard InChI is InChI=1S/C57H92O25/c1-23-44(80-47-41(69)35(63)27(59)20-74-47)39(67)43(71)48(77-23)81-45-36(64)28(60)21-75-50(45)82-51(72)57-16-15-52(2,3)17-25(57)24-9-10-31-54(6)13-12-33(53(4,5)30(54)11-14-55(31,7)56(24,8)18-32(57)61)79-49-42(70)38(66)37(65)29(78-49)22-76-46-40(68)34(62)26(58)19-73-46/h9,23,25-50,58-71H,10-22H2,1-8H3/t23-,25-,26-,27+,28-,29+,30-,31+,32+,33-,34-,35-,36-,37+,38-,39-,40+,41+,42+,43+,44-,45+,46-,47-,48-,49-,50-,54-,55+,56+,57+/m0/s1. The van der Waals surface area contributed by atoms with Gasteiger partial charge in [0.25, 0.3) is 0 Å². The van der Waals surface area contributed by atoms with E-state index in [4.69, 9.17) is 47.4 Å². The third-order valence-electron chi connectivity index (χ3n) is 22.3. The molecule has 4 saturated carbocycles. The average Bonchev–Trinajstić information content (AvgIpc) is 0.726. The smallest absolute Gasteiger partial charge is 0.317 e. The van der Waals surface area contributed by atoms with Crippen LogP contribution in [0.1, 0.15) is 113 Å². The van der Waals surface area contributed by atoms with Gasteiger partial charge in [-0.3, -0.25) is 4.79 Å². The Morgan fingerprint density at radius 3 is 1.80 bits per heavy atom. The summed E-state index contributed by atoms with van der Waals surface area (Å²) < 4.78 is 59.1. The molecule has 5 heterocycles. The molecule has 82 heavy (non-hydrogen) atoms. The molecule has 14 N–H and O–H groups in total. The van der Waals surface area contributed by atoms with Gasteiger partial charge in [0.15, 0.2) is 31.3 Å². The summed E-state index contributed by atoms with van der Waals surface area (Å²) in [5.74, 6) is -1.06. The maximum Gasteiger partial charge on any atom is 0.317 e. The molecule has 0 spiro atoms. The highest BCUT2D eigenvalue weighted by Crippen LogP contribution is 2.76. The molecule has 5 aliphatic heterocycles. The molecular weight excluding hydrogens is 1080 g/mol. The van der Waals surface area contributed by atoms with Gasteiger partial charge in [0, 0.05) is 0 Å². The van der Waals surface area contributed by atoms with Gasteiger partial charge in [-0.05, 0) is 110 Å². The van der Waals surface area contributed by atoms with Gasteiger partial charge in [-0.2, -0.15) is 0 Å². The molecule has 0 unspecified atom stereocenters. The fourth-order valence-electron chi connectivity index (χ4n) is 17.1. The fraction of sp³-hybridized carbons (Fsp3) is 0.947. The molecule has 0 amide bonds. The Morgan fingerprint density at radius 1 is 0.561 bits per heavy atom. The Balaban J connectivity index is 0.849. The molecule has 0 radical (unpaired) electrons. The normalized spacial score (nSPS) is 54.8. The summed E-state index contributed by atoms with van der Waals surface area (Å²) in [5.41, 5.74) is -2.40. The number of rotatable bonds is 11. The topological polar surface area (TPSA) is 393 Å². The van der Waals surface area contributed by atoms with E-state index < -0.39 is 189 Å². The summed E-state index contributed by atoms with van der Waals surface area (Å²) in [5, 5.41) is 152. The van der Waals surface area contributed by atoms with Crippen LogP contribution in [0.2, 0.25) is 0 Å². The van der Waals surface area contributed by atoms with Crippen LogP contribution in [-0.2, 0) is 52.2 Å². The Labute approximate surface area is 477 Å². The Morgan fingerprint density at radius 2 is 1.13 bits per heavy atom. The molecular formula is C57H92O25. The molecule has 9 fully saturated rings. The molecule has 470 valence electrons. The number of esters is 1. The first-order valence-electron chi connectivity index (χ1n) is 29.5. The van der Waals surface area contributed by atoms with Gasteiger partial charge in [0.2, 0.25) is 6.29 Å². The number of fused-ring (bicyclic) bond motifs is 7. The van der Waals surface area contributed by atoms with Crippen LogP contribution < -0.4 is 0 Å². The second-order valence-electron chi connectivity index (χ2n) is 27.9. The van der Waals surface area contributed by atoms with Crippen LogP contribution in [0.4, 0.5) is 0 Å². The molecule has 31 atom stereocenters. The third kappa shape index (κ3) is 10.5. The number of carbonyl (C=O) groups excluding carboxylic acids is 1. The zero-order chi connectivity index (χ0) is 59.7. The van der Waals surface area contributed by atoms with E-state index in [1.807, 2.05) is 0 Å². The number of allylic oxidation sites excluding steroid dienone is 2. The molecule has 25 nitrogen and oxygen atoms in total. The van der Waals surface area contributed by atoms with Crippen molar-refractivity contribution in [1.29, 1.82) is 0 Å². The van der Waals surface area contributed by atoms with Crippen molar-refractivity contribution in [3.05, 3.63) is 11.6 Å². The molecule has 0 aromatic heterocycles. The summed E-state index contributed by atoms with van der Waals surface area (Å²) in [6.45, 7) is 15.4. The maximum absolute atomic E-state index is 15.4. The van der Waals surface area contributed by atoms with E-state index in [2.05, 4.69) is 54.5 Å². The van der Waals surface area contributed by atoms with Gasteiger partial charge < -0.3 is 119 Å². The first-order valence-corrected chi connectivity index (χ1v) is 29.5. The maximum atomic E-state index is 15.4. The molecule has 5 saturated heterocycles. The Hall–Kier alpha value is -1.71. The summed E-state index contributed by atoms with van der Waals surface area (Å²) in [7, 11) is 0. The first-order chi connectivity index (χ1) is 38.3. The van der Waals surface area contributed by atoms with Crippen LogP contribution >= 0.6 is 0 Å². The SMILES string of the molecule is C[C@@H]1O[C@@H](O[C@H]2[C@H](OC(=O)[C@]34CCC(C)(C)C[C@H]3C3=CC[C@@H]5[C@@]6(C)CC[C@H](O[C@@H]7O[C@H](CO[C@@H]8OC[C@H](O)[C@H](O)[C@H]8O)[C@@H](O)[C@H](O)[C@H]7O)C(C)(C)[C@@H]6CC[C@@]5(C)[C@]3(C)C[C@H]4O)OC[C@H](O)[C@@H]2O)[C@H](O)[C@H](O)[C@H]1O[C@@H]1OC[C@@H](O)[C@H](O)[C@H]1O. The quantitative estimate of drug-likeness (QED) is 0.0588. The summed E-state index contributed by atoms with van der Waals surface area (Å²) >= 11 is 0. The zero-order valence-corrected chi connectivity index (χ0v) is 48.1. The number of aliphatic hydroxyl groups is 14. The van der Waals surface area contributed by atoms with Crippen LogP contribution in [0.25, 0.3) is 0 Å². The van der Waals surface area contributed by atoms with Crippen LogP contribution in [0.15, 0.2) is 11.6 Å². The predicted molar refractivity (Wildman–Crippen MR) is 277 cm³/mol. The molecule has 0 bridgehead atoms. The summed E-state index contributed by atoms with van der Waals surface area (Å²) in [6, 6.07) is 0. The Bertz CT molecular complexity index is 2290. The number of ether oxygens (including phenoxy) is 10. The highest BCUT2D eigenvalue weighted by molar-refractivity contribution is 5.80. The largest absolute Gasteiger partial charge is 0.432 e. The number of carbonyl (C=O) groups is 1. The molecule has 10 rings (SSSR count). The second-order valence-corrected chi connectivity index (χ2v) is 27.9. The van der Waals surface area contributed by atoms with Crippen LogP contribution in [-0.4, -0.2) is 251 Å². The van der Waals surface area contributed by atoms with Crippen molar-refractivity contribution < 1.29 is 124 Å². The van der Waals surface area contributed by atoms with Gasteiger partial charge in [0.05, 0.1) is 44.7 Å². The molecule has 0 aromatic rings. The van der Waals surface area contributed by atoms with E-state index in [1.54, 1.807) is 0 Å². The van der Waals surface area contributed by atoms with Crippen molar-refractivity contribution in [2.75, 3.05) is 26.4 Å². The number of hydrogen-bond donors (Lipinski definition) is 14. The molecule has 5 aliphatic carbocycles. The van der Waals surface area contributed by atoms with Crippen LogP contribution in [0.5, 0.6) is 0 Å². The van der Waals surface area contributed by atoms with Crippen LogP contribution in [0.3, 0.4) is 0 Å². The fourth-order valence-corrected chi connectivity index (χ4v) is 17.1. The minimum absolute atomic E-state index is 0.0885. The lowest BCUT2D eigenvalue weighted by molar-refractivity contribution is -0.369. The van der Waals surface area contributed by atoms with E-state index >= 15 is 4.79 Å². The number of hydrogen-bond acceptors (Lipinski definition) is 25. The highest BCUT2D eigenvalue weighted by atomic mass is 16.8. The lowest BCUT2D eigenvalue weighted by Gasteiger charge is -2.71. The Kier molecular flexibility index (Phi) is 17.8. The van der Waals surface area contributed by atoms with E-state index in [0.29, 0.717) is 25.7 Å². The van der Waals surface area contributed by atoms with Crippen molar-refractivity contribution >= 4 is 5.97 Å². The number of aliphatic hydroxyl groups excluding tert-OH is 14. The summed E-state index contributed by atoms with van der Waals surface area (Å²) in [4.78, 5) is 15.4. The molecule has 25 heteroatoms. The highest BCUT2D eigenvalue weighted by Gasteiger charge is 2.72. The third-order valence-corrected chi connectivity index (χ3v) is 22.3. The second kappa shape index (κ2) is 23.0. The van der Waals surface area contributed by atoms with Gasteiger partial charge in [-0.25, -0.2) is 0 Å². The van der Waals surface area contributed by atoms with Gasteiger partial charge in [0.1, 0.15) is 97.0 Å². The van der Waals surface area contributed by atoms with E-state index in [1.165, 1.54) is 6.92 Å². The van der Waals surface area contributed by atoms with E-state index in [0.717, 1.165) is 24.8 Å². The monoisotopic (exact) mass is 1180 g/mol. The van der Waals surface area contributed by atoms with Crippen molar-refractivity contribution in [3.8, 4) is 0 Å². The average molecular weight is 1180 g/mol. The molecule has 0 aromatic carbocycles. The van der Waals surface area contributed by atoms with Gasteiger partial charge >= 0.3 is 5.97 Å². The van der Waals surface area contributed by atoms with Crippen molar-refractivity contribution in [1.82, 2.24) is 0 Å². The van der Waals surface area contributed by atoms with E-state index in [-0.39, 0.29) is 54.1 Å². The predicted octanol–water partition coefficient (Wildman–Crippen LogP) is -2.30. The minimum atomic E-state index is -1.89.